The Morgan fingerprint density at radius 2 is 1.43 bits per heavy atom. The molecular weight excluding hydrogens is 596 g/mol. The summed E-state index contributed by atoms with van der Waals surface area (Å²) in [5.74, 6) is 0.693. The van der Waals surface area contributed by atoms with Crippen LogP contribution in [0, 0.1) is 0 Å². The predicted molar refractivity (Wildman–Crippen MR) is 179 cm³/mol. The smallest absolute Gasteiger partial charge is 0.315 e. The molecule has 4 aromatic carbocycles. The van der Waals surface area contributed by atoms with Gasteiger partial charge in [0.25, 0.3) is 0 Å². The lowest BCUT2D eigenvalue weighted by Crippen LogP contribution is -2.34. The molecule has 2 heterocycles. The number of nitrogens with zero attached hydrogens (tertiary/aromatic N) is 2. The molecule has 1 fully saturated rings. The van der Waals surface area contributed by atoms with Gasteiger partial charge in [-0.05, 0) is 45.5 Å². The number of aromatic nitrogens is 2. The minimum atomic E-state index is -0.544. The van der Waals surface area contributed by atoms with Crippen LogP contribution < -0.4 is 10.6 Å². The Morgan fingerprint density at radius 1 is 0.739 bits per heavy atom. The number of amides is 2. The number of hydrogen-bond donors (Lipinski definition) is 3. The fourth-order valence-electron chi connectivity index (χ4n) is 5.27. The number of thioether (sulfide) groups is 1. The zero-order chi connectivity index (χ0) is 31.6. The zero-order valence-corrected chi connectivity index (χ0v) is 26.1. The number of rotatable bonds is 11. The van der Waals surface area contributed by atoms with Crippen LogP contribution in [0.3, 0.4) is 0 Å². The fourth-order valence-corrected chi connectivity index (χ4v) is 6.09. The van der Waals surface area contributed by atoms with E-state index in [9.17, 15) is 9.90 Å². The average Bonchev–Trinajstić information content (AvgIpc) is 3.13. The fraction of sp³-hybridized carbons (Fsp3) is 0.216. The molecule has 234 valence electrons. The normalized spacial score (nSPS) is 17.7. The number of ether oxygens (including phenoxy) is 2. The maximum Gasteiger partial charge on any atom is 0.315 e. The summed E-state index contributed by atoms with van der Waals surface area (Å²) in [5.41, 5.74) is 7.01. The van der Waals surface area contributed by atoms with Crippen molar-refractivity contribution in [3.05, 3.63) is 149 Å². The first-order chi connectivity index (χ1) is 22.6. The Hall–Kier alpha value is -4.54. The highest BCUT2D eigenvalue weighted by Gasteiger charge is 2.32. The minimum absolute atomic E-state index is 0.00371. The molecule has 2 amide bonds. The molecule has 1 aliphatic rings. The van der Waals surface area contributed by atoms with Crippen molar-refractivity contribution in [3.8, 4) is 11.1 Å². The highest BCUT2D eigenvalue weighted by Crippen LogP contribution is 2.39. The molecule has 5 aromatic rings. The number of aliphatic hydroxyl groups excluding tert-OH is 1. The lowest BCUT2D eigenvalue weighted by atomic mass is 9.99. The number of nitrogens with one attached hydrogen (secondary N) is 2. The van der Waals surface area contributed by atoms with Crippen molar-refractivity contribution in [2.24, 2.45) is 0 Å². The summed E-state index contributed by atoms with van der Waals surface area (Å²) in [7, 11) is 0. The van der Waals surface area contributed by atoms with Gasteiger partial charge in [-0.3, -0.25) is 0 Å². The van der Waals surface area contributed by atoms with Gasteiger partial charge in [-0.2, -0.15) is 0 Å². The van der Waals surface area contributed by atoms with Crippen molar-refractivity contribution in [2.75, 3.05) is 5.75 Å². The van der Waals surface area contributed by atoms with Gasteiger partial charge in [-0.25, -0.2) is 14.8 Å². The maximum atomic E-state index is 12.3. The second kappa shape index (κ2) is 15.6. The van der Waals surface area contributed by atoms with Gasteiger partial charge in [0.15, 0.2) is 11.4 Å². The largest absolute Gasteiger partial charge is 0.392 e. The summed E-state index contributed by atoms with van der Waals surface area (Å²) in [4.78, 5) is 21.0. The average molecular weight is 633 g/mol. The molecule has 9 heteroatoms. The van der Waals surface area contributed by atoms with Crippen LogP contribution in [0.25, 0.3) is 11.1 Å². The summed E-state index contributed by atoms with van der Waals surface area (Å²) < 4.78 is 13.0. The van der Waals surface area contributed by atoms with Gasteiger partial charge in [0.05, 0.1) is 18.8 Å². The first kappa shape index (κ1) is 31.4. The van der Waals surface area contributed by atoms with Gasteiger partial charge in [0.1, 0.15) is 0 Å². The van der Waals surface area contributed by atoms with E-state index in [-0.39, 0.29) is 24.8 Å². The molecule has 0 aliphatic carbocycles. The van der Waals surface area contributed by atoms with Crippen LogP contribution in [0.15, 0.2) is 127 Å². The van der Waals surface area contributed by atoms with Gasteiger partial charge in [-0.15, -0.1) is 0 Å². The lowest BCUT2D eigenvalue weighted by molar-refractivity contribution is -0.245. The van der Waals surface area contributed by atoms with Gasteiger partial charge in [0, 0.05) is 43.2 Å². The number of aliphatic hydroxyl groups is 1. The molecule has 3 atom stereocenters. The molecule has 3 unspecified atom stereocenters. The van der Waals surface area contributed by atoms with Crippen LogP contribution in [-0.4, -0.2) is 33.0 Å². The standard InChI is InChI=1S/C37H36N4O4S/c42-24-27-10-12-30(13-11-27)34-21-33(25-46-37-38-18-5-19-39-37)44-35(45-34)31-16-14-29(15-17-31)32-9-4-8-28(20-32)23-41-36(43)40-22-26-6-2-1-3-7-26/h1-20,33-35,42H,21-25H2,(H2,40,41,43). The van der Waals surface area contributed by atoms with Crippen LogP contribution in [0.5, 0.6) is 0 Å². The van der Waals surface area contributed by atoms with E-state index in [2.05, 4.69) is 44.9 Å². The highest BCUT2D eigenvalue weighted by atomic mass is 32.2. The van der Waals surface area contributed by atoms with Crippen LogP contribution in [0.1, 0.15) is 46.6 Å². The number of carbonyl (C=O) groups excluding carboxylic acids is 1. The zero-order valence-electron chi connectivity index (χ0n) is 25.3. The Bertz CT molecular complexity index is 1690. The van der Waals surface area contributed by atoms with E-state index in [0.29, 0.717) is 30.4 Å². The monoisotopic (exact) mass is 632 g/mol. The molecule has 3 N–H and O–H groups in total. The molecule has 0 saturated carbocycles. The second-order valence-electron chi connectivity index (χ2n) is 11.0. The Morgan fingerprint density at radius 3 is 2.17 bits per heavy atom. The highest BCUT2D eigenvalue weighted by molar-refractivity contribution is 7.99. The molecule has 0 spiro atoms. The van der Waals surface area contributed by atoms with Crippen molar-refractivity contribution in [2.45, 2.75) is 49.8 Å². The molecular formula is C37H36N4O4S. The van der Waals surface area contributed by atoms with E-state index in [1.165, 1.54) is 0 Å². The first-order valence-corrected chi connectivity index (χ1v) is 16.3. The molecule has 6 rings (SSSR count). The minimum Gasteiger partial charge on any atom is -0.392 e. The SMILES string of the molecule is O=C(NCc1ccccc1)NCc1cccc(-c2ccc(C3OC(CSc4ncccn4)CC(c4ccc(CO)cc4)O3)cc2)c1. The van der Waals surface area contributed by atoms with Gasteiger partial charge >= 0.3 is 6.03 Å². The third-order valence-electron chi connectivity index (χ3n) is 7.75. The number of carbonyl (C=O) groups is 1. The summed E-state index contributed by atoms with van der Waals surface area (Å²) in [5, 5.41) is 16.0. The predicted octanol–water partition coefficient (Wildman–Crippen LogP) is 6.97. The van der Waals surface area contributed by atoms with Crippen LogP contribution >= 0.6 is 11.8 Å². The van der Waals surface area contributed by atoms with E-state index in [4.69, 9.17) is 9.47 Å². The molecule has 8 nitrogen and oxygen atoms in total. The quantitative estimate of drug-likeness (QED) is 0.107. The second-order valence-corrected chi connectivity index (χ2v) is 12.0. The molecule has 0 radical (unpaired) electrons. The van der Waals surface area contributed by atoms with E-state index in [1.807, 2.05) is 78.9 Å². The third-order valence-corrected chi connectivity index (χ3v) is 8.75. The van der Waals surface area contributed by atoms with E-state index in [0.717, 1.165) is 38.9 Å². The van der Waals surface area contributed by atoms with E-state index in [1.54, 1.807) is 30.2 Å². The number of hydrogen-bond acceptors (Lipinski definition) is 7. The van der Waals surface area contributed by atoms with Crippen LogP contribution in [0.2, 0.25) is 0 Å². The summed E-state index contributed by atoms with van der Waals surface area (Å²) in [6, 6.07) is 35.7. The van der Waals surface area contributed by atoms with E-state index >= 15 is 0 Å². The topological polar surface area (TPSA) is 106 Å². The van der Waals surface area contributed by atoms with Crippen molar-refractivity contribution < 1.29 is 19.4 Å². The van der Waals surface area contributed by atoms with Crippen molar-refractivity contribution in [1.29, 1.82) is 0 Å². The molecule has 0 bridgehead atoms. The lowest BCUT2D eigenvalue weighted by Gasteiger charge is -2.36. The maximum absolute atomic E-state index is 12.3. The van der Waals surface area contributed by atoms with Crippen LogP contribution in [0.4, 0.5) is 4.79 Å². The summed E-state index contributed by atoms with van der Waals surface area (Å²) in [6.07, 6.45) is 3.39. The molecule has 1 saturated heterocycles. The molecule has 46 heavy (non-hydrogen) atoms. The van der Waals surface area contributed by atoms with Gasteiger partial charge in [0.2, 0.25) is 0 Å². The summed E-state index contributed by atoms with van der Waals surface area (Å²) in [6.45, 7) is 0.902. The van der Waals surface area contributed by atoms with Crippen molar-refractivity contribution in [3.63, 3.8) is 0 Å². The van der Waals surface area contributed by atoms with E-state index < -0.39 is 6.29 Å². The van der Waals surface area contributed by atoms with Gasteiger partial charge < -0.3 is 25.2 Å². The Labute approximate surface area is 273 Å². The van der Waals surface area contributed by atoms with Crippen molar-refractivity contribution >= 4 is 17.8 Å². The molecule has 1 aromatic heterocycles. The number of urea groups is 1. The Balaban J connectivity index is 1.11. The third kappa shape index (κ3) is 8.58. The van der Waals surface area contributed by atoms with Gasteiger partial charge in [-0.1, -0.05) is 109 Å². The number of benzene rings is 4. The van der Waals surface area contributed by atoms with Crippen molar-refractivity contribution in [1.82, 2.24) is 20.6 Å². The van der Waals surface area contributed by atoms with Crippen LogP contribution in [-0.2, 0) is 29.2 Å². The molecule has 1 aliphatic heterocycles. The summed E-state index contributed by atoms with van der Waals surface area (Å²) >= 11 is 1.57. The Kier molecular flexibility index (Phi) is 10.7. The first-order valence-electron chi connectivity index (χ1n) is 15.3.